The third-order valence-electron chi connectivity index (χ3n) is 6.44. The number of nitriles is 1. The molecule has 2 aromatic carbocycles. The van der Waals surface area contributed by atoms with Crippen LogP contribution in [0.5, 0.6) is 5.88 Å². The van der Waals surface area contributed by atoms with Gasteiger partial charge in [-0.25, -0.2) is 4.68 Å². The second-order valence-corrected chi connectivity index (χ2v) is 8.55. The molecule has 0 saturated carbocycles. The van der Waals surface area contributed by atoms with E-state index in [2.05, 4.69) is 6.07 Å². The fourth-order valence-electron chi connectivity index (χ4n) is 4.86. The quantitative estimate of drug-likeness (QED) is 0.386. The summed E-state index contributed by atoms with van der Waals surface area (Å²) in [5, 5.41) is 19.9. The maximum atomic E-state index is 10.2. The van der Waals surface area contributed by atoms with E-state index in [9.17, 15) is 5.26 Å². The Kier molecular flexibility index (Phi) is 4.97. The van der Waals surface area contributed by atoms with E-state index in [1.165, 1.54) is 0 Å². The van der Waals surface area contributed by atoms with Crippen molar-refractivity contribution in [1.82, 2.24) is 19.6 Å². The molecule has 0 aliphatic carbocycles. The van der Waals surface area contributed by atoms with E-state index < -0.39 is 5.92 Å². The normalized spacial score (nSPS) is 14.9. The molecule has 176 valence electrons. The predicted molar refractivity (Wildman–Crippen MR) is 134 cm³/mol. The van der Waals surface area contributed by atoms with Crippen LogP contribution in [0.2, 0.25) is 0 Å². The van der Waals surface area contributed by atoms with Crippen LogP contribution in [0, 0.1) is 25.2 Å². The highest BCUT2D eigenvalue weighted by atomic mass is 16.5. The number of allylic oxidation sites excluding steroid dienone is 1. The van der Waals surface area contributed by atoms with Crippen LogP contribution in [0.4, 0.5) is 0 Å². The summed E-state index contributed by atoms with van der Waals surface area (Å²) in [5.74, 6) is 0.511. The molecule has 1 aliphatic rings. The number of nitrogens with zero attached hydrogens (tertiary/aromatic N) is 5. The summed E-state index contributed by atoms with van der Waals surface area (Å²) in [5.41, 5.74) is 12.2. The minimum atomic E-state index is -0.547. The number of para-hydroxylation sites is 2. The molecule has 0 saturated heterocycles. The van der Waals surface area contributed by atoms with E-state index in [4.69, 9.17) is 25.1 Å². The van der Waals surface area contributed by atoms with Gasteiger partial charge in [-0.2, -0.15) is 20.1 Å². The van der Waals surface area contributed by atoms with Gasteiger partial charge in [0, 0.05) is 11.3 Å². The zero-order valence-corrected chi connectivity index (χ0v) is 19.7. The van der Waals surface area contributed by atoms with Gasteiger partial charge in [0.2, 0.25) is 11.8 Å². The highest BCUT2D eigenvalue weighted by molar-refractivity contribution is 5.70. The Morgan fingerprint density at radius 1 is 0.861 bits per heavy atom. The van der Waals surface area contributed by atoms with Crippen molar-refractivity contribution < 1.29 is 9.15 Å². The van der Waals surface area contributed by atoms with Gasteiger partial charge in [0.25, 0.3) is 0 Å². The van der Waals surface area contributed by atoms with Gasteiger partial charge >= 0.3 is 0 Å². The highest BCUT2D eigenvalue weighted by Crippen LogP contribution is 2.49. The number of furan rings is 1. The fraction of sp³-hybridized carbons (Fsp3) is 0.107. The Hall–Kier alpha value is -5.03. The molecule has 8 heteroatoms. The van der Waals surface area contributed by atoms with Gasteiger partial charge in [0.1, 0.15) is 17.3 Å². The van der Waals surface area contributed by atoms with Gasteiger partial charge in [-0.05, 0) is 50.2 Å². The predicted octanol–water partition coefficient (Wildman–Crippen LogP) is 5.15. The molecule has 36 heavy (non-hydrogen) atoms. The minimum absolute atomic E-state index is 0.0457. The van der Waals surface area contributed by atoms with Crippen LogP contribution in [0.1, 0.15) is 28.4 Å². The molecule has 3 aromatic heterocycles. The highest BCUT2D eigenvalue weighted by Gasteiger charge is 2.40. The molecule has 0 fully saturated rings. The smallest absolute Gasteiger partial charge is 0.229 e. The Balaban J connectivity index is 1.65. The molecule has 2 N–H and O–H groups in total. The number of nitrogens with two attached hydrogens (primary N) is 1. The number of ether oxygens (including phenoxy) is 1. The molecule has 1 atom stereocenters. The average Bonchev–Trinajstić information content (AvgIpc) is 3.62. The second-order valence-electron chi connectivity index (χ2n) is 8.55. The second kappa shape index (κ2) is 8.32. The van der Waals surface area contributed by atoms with Crippen LogP contribution >= 0.6 is 0 Å². The molecule has 0 spiro atoms. The number of aryl methyl sites for hydroxylation is 1. The monoisotopic (exact) mass is 474 g/mol. The number of hydrogen-bond donors (Lipinski definition) is 1. The number of fused-ring (bicyclic) bond motifs is 1. The van der Waals surface area contributed by atoms with Crippen LogP contribution in [0.25, 0.3) is 22.8 Å². The van der Waals surface area contributed by atoms with E-state index in [0.717, 1.165) is 28.3 Å². The summed E-state index contributed by atoms with van der Waals surface area (Å²) in [7, 11) is 0. The van der Waals surface area contributed by atoms with Crippen molar-refractivity contribution in [2.45, 2.75) is 19.8 Å². The lowest BCUT2D eigenvalue weighted by Crippen LogP contribution is -2.22. The molecule has 4 heterocycles. The maximum absolute atomic E-state index is 10.2. The largest absolute Gasteiger partial charge is 0.463 e. The molecule has 0 radical (unpaired) electrons. The van der Waals surface area contributed by atoms with E-state index in [-0.39, 0.29) is 5.88 Å². The summed E-state index contributed by atoms with van der Waals surface area (Å²) < 4.78 is 15.4. The van der Waals surface area contributed by atoms with Crippen LogP contribution in [-0.2, 0) is 0 Å². The van der Waals surface area contributed by atoms with Gasteiger partial charge < -0.3 is 14.9 Å². The van der Waals surface area contributed by atoms with Crippen molar-refractivity contribution >= 4 is 0 Å². The lowest BCUT2D eigenvalue weighted by atomic mass is 9.82. The number of benzene rings is 2. The molecular weight excluding hydrogens is 452 g/mol. The van der Waals surface area contributed by atoms with E-state index in [1.807, 2.05) is 85.3 Å². The van der Waals surface area contributed by atoms with Crippen LogP contribution < -0.4 is 10.5 Å². The lowest BCUT2D eigenvalue weighted by Gasteiger charge is -2.25. The average molecular weight is 475 g/mol. The Labute approximate surface area is 207 Å². The zero-order valence-electron chi connectivity index (χ0n) is 19.7. The number of aromatic nitrogens is 4. The lowest BCUT2D eigenvalue weighted by molar-refractivity contribution is 0.367. The minimum Gasteiger partial charge on any atom is -0.463 e. The number of rotatable bonds is 4. The van der Waals surface area contributed by atoms with E-state index in [1.54, 1.807) is 17.0 Å². The summed E-state index contributed by atoms with van der Waals surface area (Å²) in [6.07, 6.45) is 1.60. The first kappa shape index (κ1) is 21.5. The van der Waals surface area contributed by atoms with E-state index in [0.29, 0.717) is 28.5 Å². The van der Waals surface area contributed by atoms with Crippen molar-refractivity contribution in [2.24, 2.45) is 5.73 Å². The molecule has 0 bridgehead atoms. The first-order chi connectivity index (χ1) is 17.6. The molecular formula is C28H22N6O2. The van der Waals surface area contributed by atoms with Crippen LogP contribution in [-0.4, -0.2) is 19.6 Å². The standard InChI is InChI=1S/C28H22N6O2/c1-17-23(18(2)33(31-17)19-10-5-3-6-11-19)24-21(16-29)27(30)36-28-25(24)26(22-14-9-15-35-22)32-34(28)20-12-7-4-8-13-20/h3-15,24H,30H2,1-2H3/t24-/m0/s1. The van der Waals surface area contributed by atoms with Crippen molar-refractivity contribution in [3.8, 4) is 34.8 Å². The van der Waals surface area contributed by atoms with Crippen molar-refractivity contribution in [3.05, 3.63) is 113 Å². The zero-order chi connectivity index (χ0) is 24.8. The Morgan fingerprint density at radius 2 is 1.53 bits per heavy atom. The van der Waals surface area contributed by atoms with Crippen LogP contribution in [0.15, 0.2) is 94.9 Å². The van der Waals surface area contributed by atoms with Crippen LogP contribution in [0.3, 0.4) is 0 Å². The molecule has 5 aromatic rings. The van der Waals surface area contributed by atoms with Crippen molar-refractivity contribution in [2.75, 3.05) is 0 Å². The first-order valence-electron chi connectivity index (χ1n) is 11.5. The van der Waals surface area contributed by atoms with Gasteiger partial charge in [-0.15, -0.1) is 0 Å². The van der Waals surface area contributed by atoms with Gasteiger partial charge in [-0.3, -0.25) is 0 Å². The number of hydrogen-bond acceptors (Lipinski definition) is 6. The molecule has 8 nitrogen and oxygen atoms in total. The topological polar surface area (TPSA) is 108 Å². The van der Waals surface area contributed by atoms with E-state index >= 15 is 0 Å². The Morgan fingerprint density at radius 3 is 2.14 bits per heavy atom. The summed E-state index contributed by atoms with van der Waals surface area (Å²) in [6.45, 7) is 3.94. The van der Waals surface area contributed by atoms with Gasteiger partial charge in [-0.1, -0.05) is 36.4 Å². The van der Waals surface area contributed by atoms with Gasteiger partial charge in [0.05, 0.1) is 34.8 Å². The fourth-order valence-corrected chi connectivity index (χ4v) is 4.86. The molecule has 0 amide bonds. The maximum Gasteiger partial charge on any atom is 0.229 e. The SMILES string of the molecule is Cc1nn(-c2ccccc2)c(C)c1[C@@H]1C(C#N)=C(N)Oc2c1c(-c1ccco1)nn2-c1ccccc1. The summed E-state index contributed by atoms with van der Waals surface area (Å²) in [6, 6.07) is 25.5. The third kappa shape index (κ3) is 3.21. The third-order valence-corrected chi connectivity index (χ3v) is 6.44. The Bertz CT molecular complexity index is 1640. The summed E-state index contributed by atoms with van der Waals surface area (Å²) in [4.78, 5) is 0. The van der Waals surface area contributed by atoms with Gasteiger partial charge in [0.15, 0.2) is 5.76 Å². The first-order valence-corrected chi connectivity index (χ1v) is 11.5. The summed E-state index contributed by atoms with van der Waals surface area (Å²) >= 11 is 0. The molecule has 0 unspecified atom stereocenters. The molecule has 6 rings (SSSR count). The van der Waals surface area contributed by atoms with Crippen molar-refractivity contribution in [3.63, 3.8) is 0 Å². The van der Waals surface area contributed by atoms with Crippen molar-refractivity contribution in [1.29, 1.82) is 5.26 Å². The molecule has 1 aliphatic heterocycles.